The van der Waals surface area contributed by atoms with Crippen LogP contribution in [0.5, 0.6) is 0 Å². The lowest BCUT2D eigenvalue weighted by Crippen LogP contribution is -2.00. The van der Waals surface area contributed by atoms with Gasteiger partial charge in [0.25, 0.3) is 0 Å². The number of anilines is 1. The van der Waals surface area contributed by atoms with Crippen molar-refractivity contribution in [2.45, 2.75) is 19.9 Å². The van der Waals surface area contributed by atoms with Crippen molar-refractivity contribution in [3.63, 3.8) is 0 Å². The van der Waals surface area contributed by atoms with Crippen molar-refractivity contribution in [2.24, 2.45) is 0 Å². The molecule has 124 valence electrons. The number of hydrogen-bond acceptors (Lipinski definition) is 4. The Labute approximate surface area is 146 Å². The van der Waals surface area contributed by atoms with Crippen LogP contribution in [-0.4, -0.2) is 10.1 Å². The highest BCUT2D eigenvalue weighted by Gasteiger charge is 2.09. The highest BCUT2D eigenvalue weighted by molar-refractivity contribution is 5.93. The van der Waals surface area contributed by atoms with E-state index in [9.17, 15) is 0 Å². The topological polar surface area (TPSA) is 51.0 Å². The molecule has 4 rings (SSSR count). The molecule has 4 nitrogen and oxygen atoms in total. The molecule has 4 aromatic rings. The van der Waals surface area contributed by atoms with Crippen LogP contribution in [0.1, 0.15) is 18.4 Å². The van der Waals surface area contributed by atoms with Crippen molar-refractivity contribution in [3.05, 3.63) is 78.2 Å². The molecule has 0 amide bonds. The average Bonchev–Trinajstić information content (AvgIpc) is 3.15. The van der Waals surface area contributed by atoms with Gasteiger partial charge in [-0.2, -0.15) is 4.98 Å². The predicted molar refractivity (Wildman–Crippen MR) is 100 cm³/mol. The fourth-order valence-corrected chi connectivity index (χ4v) is 2.88. The number of nitrogens with zero attached hydrogens (tertiary/aromatic N) is 2. The van der Waals surface area contributed by atoms with Crippen LogP contribution in [0.2, 0.25) is 0 Å². The second-order valence-corrected chi connectivity index (χ2v) is 5.94. The Bertz CT molecular complexity index is 984. The molecule has 1 aromatic heterocycles. The van der Waals surface area contributed by atoms with Gasteiger partial charge in [-0.15, -0.1) is 0 Å². The molecule has 3 aromatic carbocycles. The zero-order valence-corrected chi connectivity index (χ0v) is 14.1. The van der Waals surface area contributed by atoms with Gasteiger partial charge in [0.15, 0.2) is 0 Å². The van der Waals surface area contributed by atoms with Crippen LogP contribution in [0, 0.1) is 0 Å². The van der Waals surface area contributed by atoms with E-state index in [1.165, 1.54) is 16.3 Å². The Morgan fingerprint density at radius 1 is 0.920 bits per heavy atom. The van der Waals surface area contributed by atoms with E-state index in [2.05, 4.69) is 58.8 Å². The van der Waals surface area contributed by atoms with E-state index in [0.717, 1.165) is 17.7 Å². The van der Waals surface area contributed by atoms with Crippen molar-refractivity contribution in [1.29, 1.82) is 0 Å². The lowest BCUT2D eigenvalue weighted by Gasteiger charge is -2.07. The summed E-state index contributed by atoms with van der Waals surface area (Å²) < 4.78 is 5.39. The number of aromatic nitrogens is 2. The highest BCUT2D eigenvalue weighted by Crippen LogP contribution is 2.23. The molecule has 0 saturated heterocycles. The number of nitrogens with one attached hydrogen (secondary N) is 1. The van der Waals surface area contributed by atoms with Crippen LogP contribution in [0.25, 0.3) is 22.2 Å². The largest absolute Gasteiger partial charge is 0.376 e. The maximum absolute atomic E-state index is 5.39. The summed E-state index contributed by atoms with van der Waals surface area (Å²) in [5.74, 6) is 1.19. The molecule has 0 atom stereocenters. The van der Waals surface area contributed by atoms with Gasteiger partial charge in [-0.05, 0) is 23.4 Å². The standard InChI is InChI=1S/C21H19N3O/c1-2-15-10-12-17(13-11-15)21-23-20(25-24-21)14-22-19-9-5-7-16-6-3-4-8-18(16)19/h3-13,22H,2,14H2,1H3. The molecular formula is C21H19N3O. The lowest BCUT2D eigenvalue weighted by molar-refractivity contribution is 0.384. The fourth-order valence-electron chi connectivity index (χ4n) is 2.88. The second kappa shape index (κ2) is 6.77. The zero-order chi connectivity index (χ0) is 17.1. The lowest BCUT2D eigenvalue weighted by atomic mass is 10.1. The van der Waals surface area contributed by atoms with Gasteiger partial charge in [0.05, 0.1) is 6.54 Å². The first kappa shape index (κ1) is 15.4. The molecule has 1 N–H and O–H groups in total. The van der Waals surface area contributed by atoms with Crippen molar-refractivity contribution in [2.75, 3.05) is 5.32 Å². The first-order chi connectivity index (χ1) is 12.3. The number of benzene rings is 3. The second-order valence-electron chi connectivity index (χ2n) is 5.94. The van der Waals surface area contributed by atoms with Crippen molar-refractivity contribution in [1.82, 2.24) is 10.1 Å². The van der Waals surface area contributed by atoms with Gasteiger partial charge < -0.3 is 9.84 Å². The van der Waals surface area contributed by atoms with E-state index in [1.54, 1.807) is 0 Å². The molecule has 0 aliphatic rings. The van der Waals surface area contributed by atoms with Gasteiger partial charge in [-0.3, -0.25) is 0 Å². The van der Waals surface area contributed by atoms with E-state index in [4.69, 9.17) is 4.52 Å². The third-order valence-electron chi connectivity index (χ3n) is 4.31. The first-order valence-electron chi connectivity index (χ1n) is 8.47. The summed E-state index contributed by atoms with van der Waals surface area (Å²) >= 11 is 0. The minimum atomic E-state index is 0.494. The van der Waals surface area contributed by atoms with Gasteiger partial charge in [-0.25, -0.2) is 0 Å². The first-order valence-corrected chi connectivity index (χ1v) is 8.47. The smallest absolute Gasteiger partial charge is 0.246 e. The number of rotatable bonds is 5. The summed E-state index contributed by atoms with van der Waals surface area (Å²) in [6.07, 6.45) is 1.02. The Morgan fingerprint density at radius 2 is 1.72 bits per heavy atom. The zero-order valence-electron chi connectivity index (χ0n) is 14.1. The monoisotopic (exact) mass is 329 g/mol. The number of hydrogen-bond donors (Lipinski definition) is 1. The summed E-state index contributed by atoms with van der Waals surface area (Å²) in [5.41, 5.74) is 3.33. The van der Waals surface area contributed by atoms with Crippen molar-refractivity contribution < 1.29 is 4.52 Å². The van der Waals surface area contributed by atoms with Gasteiger partial charge in [0.1, 0.15) is 0 Å². The minimum Gasteiger partial charge on any atom is -0.376 e. The van der Waals surface area contributed by atoms with Crippen LogP contribution in [-0.2, 0) is 13.0 Å². The molecule has 0 bridgehead atoms. The highest BCUT2D eigenvalue weighted by atomic mass is 16.5. The van der Waals surface area contributed by atoms with E-state index in [-0.39, 0.29) is 0 Å². The van der Waals surface area contributed by atoms with Crippen LogP contribution in [0.3, 0.4) is 0 Å². The molecule has 25 heavy (non-hydrogen) atoms. The number of fused-ring (bicyclic) bond motifs is 1. The molecule has 0 unspecified atom stereocenters. The SMILES string of the molecule is CCc1ccc(-c2noc(CNc3cccc4ccccc34)n2)cc1. The van der Waals surface area contributed by atoms with Crippen LogP contribution in [0.4, 0.5) is 5.69 Å². The fraction of sp³-hybridized carbons (Fsp3) is 0.143. The molecule has 1 heterocycles. The average molecular weight is 329 g/mol. The molecule has 0 radical (unpaired) electrons. The van der Waals surface area contributed by atoms with Gasteiger partial charge in [-0.1, -0.05) is 72.7 Å². The van der Waals surface area contributed by atoms with Crippen LogP contribution >= 0.6 is 0 Å². The van der Waals surface area contributed by atoms with Gasteiger partial charge in [0, 0.05) is 16.6 Å². The third-order valence-corrected chi connectivity index (χ3v) is 4.31. The van der Waals surface area contributed by atoms with E-state index < -0.39 is 0 Å². The molecule has 0 fully saturated rings. The summed E-state index contributed by atoms with van der Waals surface area (Å²) in [6.45, 7) is 2.63. The summed E-state index contributed by atoms with van der Waals surface area (Å²) in [5, 5.41) is 9.87. The molecule has 0 aliphatic heterocycles. The molecular weight excluding hydrogens is 310 g/mol. The Morgan fingerprint density at radius 3 is 2.56 bits per heavy atom. The molecule has 0 spiro atoms. The molecule has 0 aliphatic carbocycles. The maximum atomic E-state index is 5.39. The Hall–Kier alpha value is -3.14. The van der Waals surface area contributed by atoms with Crippen LogP contribution in [0.15, 0.2) is 71.3 Å². The molecule has 4 heteroatoms. The van der Waals surface area contributed by atoms with Crippen molar-refractivity contribution in [3.8, 4) is 11.4 Å². The van der Waals surface area contributed by atoms with E-state index >= 15 is 0 Å². The maximum Gasteiger partial charge on any atom is 0.246 e. The normalized spacial score (nSPS) is 10.9. The van der Waals surface area contributed by atoms with Crippen molar-refractivity contribution >= 4 is 16.5 Å². The quantitative estimate of drug-likeness (QED) is 0.556. The van der Waals surface area contributed by atoms with Gasteiger partial charge in [0.2, 0.25) is 11.7 Å². The van der Waals surface area contributed by atoms with E-state index in [0.29, 0.717) is 18.3 Å². The minimum absolute atomic E-state index is 0.494. The third kappa shape index (κ3) is 3.24. The summed E-state index contributed by atoms with van der Waals surface area (Å²) in [6, 6.07) is 22.8. The molecule has 0 saturated carbocycles. The predicted octanol–water partition coefficient (Wildman–Crippen LogP) is 5.06. The Kier molecular flexibility index (Phi) is 4.17. The van der Waals surface area contributed by atoms with E-state index in [1.807, 2.05) is 30.3 Å². The number of aryl methyl sites for hydroxylation is 1. The summed E-state index contributed by atoms with van der Waals surface area (Å²) in [7, 11) is 0. The van der Waals surface area contributed by atoms with Crippen LogP contribution < -0.4 is 5.32 Å². The Balaban J connectivity index is 1.51. The summed E-state index contributed by atoms with van der Waals surface area (Å²) in [4.78, 5) is 4.49. The van der Waals surface area contributed by atoms with Gasteiger partial charge >= 0.3 is 0 Å².